The molecule has 0 spiro atoms. The van der Waals surface area contributed by atoms with Crippen LogP contribution in [0.25, 0.3) is 11.0 Å². The molecular weight excluding hydrogens is 228 g/mol. The number of aromatic nitrogens is 2. The van der Waals surface area contributed by atoms with Crippen LogP contribution in [-0.4, -0.2) is 29.3 Å². The van der Waals surface area contributed by atoms with Crippen molar-refractivity contribution in [3.05, 3.63) is 24.0 Å². The number of aliphatic hydroxyl groups is 1. The Morgan fingerprint density at radius 3 is 2.69 bits per heavy atom. The number of fused-ring (bicyclic) bond motifs is 1. The molecule has 0 radical (unpaired) electrons. The number of rotatable bonds is 2. The van der Waals surface area contributed by atoms with Gasteiger partial charge in [-0.25, -0.2) is 13.4 Å². The predicted octanol–water partition coefficient (Wildman–Crippen LogP) is 0.469. The van der Waals surface area contributed by atoms with Gasteiger partial charge in [0.1, 0.15) is 17.9 Å². The molecule has 0 aliphatic rings. The monoisotopic (exact) mass is 240 g/mol. The fourth-order valence-corrected chi connectivity index (χ4v) is 2.50. The molecule has 0 aliphatic carbocycles. The van der Waals surface area contributed by atoms with Crippen LogP contribution in [0.4, 0.5) is 0 Å². The van der Waals surface area contributed by atoms with Crippen molar-refractivity contribution in [2.45, 2.75) is 11.5 Å². The third-order valence-corrected chi connectivity index (χ3v) is 3.64. The average Bonchev–Trinajstić information content (AvgIpc) is 2.54. The maximum atomic E-state index is 11.5. The van der Waals surface area contributed by atoms with Crippen LogP contribution in [0.1, 0.15) is 5.82 Å². The quantitative estimate of drug-likeness (QED) is 0.828. The van der Waals surface area contributed by atoms with Crippen molar-refractivity contribution >= 4 is 20.9 Å². The summed E-state index contributed by atoms with van der Waals surface area (Å²) >= 11 is 0. The Morgan fingerprint density at radius 2 is 2.12 bits per heavy atom. The molecule has 86 valence electrons. The van der Waals surface area contributed by atoms with E-state index in [1.807, 2.05) is 0 Å². The minimum atomic E-state index is -3.30. The molecule has 0 bridgehead atoms. The van der Waals surface area contributed by atoms with Gasteiger partial charge in [0.05, 0.1) is 10.4 Å². The van der Waals surface area contributed by atoms with Gasteiger partial charge in [0.2, 0.25) is 0 Å². The van der Waals surface area contributed by atoms with Crippen LogP contribution in [0.15, 0.2) is 23.1 Å². The van der Waals surface area contributed by atoms with Gasteiger partial charge in [0, 0.05) is 13.3 Å². The largest absolute Gasteiger partial charge is 0.388 e. The summed E-state index contributed by atoms with van der Waals surface area (Å²) in [5.41, 5.74) is 1.11. The molecule has 5 nitrogen and oxygen atoms in total. The topological polar surface area (TPSA) is 72.2 Å². The molecule has 0 saturated heterocycles. The van der Waals surface area contributed by atoms with Gasteiger partial charge in [-0.05, 0) is 12.1 Å². The maximum absolute atomic E-state index is 11.5. The zero-order valence-corrected chi connectivity index (χ0v) is 9.82. The van der Waals surface area contributed by atoms with Crippen LogP contribution < -0.4 is 0 Å². The second-order valence-electron chi connectivity index (χ2n) is 3.64. The van der Waals surface area contributed by atoms with Gasteiger partial charge in [-0.15, -0.1) is 0 Å². The number of aryl methyl sites for hydroxylation is 1. The van der Waals surface area contributed by atoms with Gasteiger partial charge >= 0.3 is 0 Å². The molecule has 0 aliphatic heterocycles. The summed E-state index contributed by atoms with van der Waals surface area (Å²) < 4.78 is 24.8. The Kier molecular flexibility index (Phi) is 2.47. The number of sulfone groups is 1. The van der Waals surface area contributed by atoms with E-state index >= 15 is 0 Å². The summed E-state index contributed by atoms with van der Waals surface area (Å²) in [5, 5.41) is 9.08. The summed E-state index contributed by atoms with van der Waals surface area (Å²) in [7, 11) is -1.56. The molecule has 1 aromatic carbocycles. The first kappa shape index (κ1) is 11.1. The van der Waals surface area contributed by atoms with Crippen molar-refractivity contribution in [2.24, 2.45) is 7.05 Å². The summed E-state index contributed by atoms with van der Waals surface area (Å²) in [6.07, 6.45) is 1.15. The normalized spacial score (nSPS) is 12.2. The lowest BCUT2D eigenvalue weighted by Crippen LogP contribution is -1.98. The lowest BCUT2D eigenvalue weighted by molar-refractivity contribution is 0.268. The van der Waals surface area contributed by atoms with Crippen molar-refractivity contribution in [1.29, 1.82) is 0 Å². The average molecular weight is 240 g/mol. The van der Waals surface area contributed by atoms with Crippen molar-refractivity contribution < 1.29 is 13.5 Å². The van der Waals surface area contributed by atoms with Gasteiger partial charge in [0.25, 0.3) is 0 Å². The third-order valence-electron chi connectivity index (χ3n) is 2.51. The summed E-state index contributed by atoms with van der Waals surface area (Å²) in [6, 6.07) is 4.96. The van der Waals surface area contributed by atoms with Gasteiger partial charge in [-0.1, -0.05) is 6.07 Å². The SMILES string of the molecule is Cn1c(CO)nc2c(S(C)(=O)=O)cccc21. The molecule has 0 unspecified atom stereocenters. The Morgan fingerprint density at radius 1 is 1.44 bits per heavy atom. The van der Waals surface area contributed by atoms with Crippen molar-refractivity contribution in [3.8, 4) is 0 Å². The highest BCUT2D eigenvalue weighted by Crippen LogP contribution is 2.22. The van der Waals surface area contributed by atoms with Gasteiger partial charge < -0.3 is 9.67 Å². The van der Waals surface area contributed by atoms with Crippen molar-refractivity contribution in [1.82, 2.24) is 9.55 Å². The fourth-order valence-electron chi connectivity index (χ4n) is 1.68. The van der Waals surface area contributed by atoms with Crippen LogP contribution in [0.2, 0.25) is 0 Å². The summed E-state index contributed by atoms with van der Waals surface area (Å²) in [5.74, 6) is 0.450. The van der Waals surface area contributed by atoms with Gasteiger partial charge in [-0.2, -0.15) is 0 Å². The van der Waals surface area contributed by atoms with E-state index in [0.29, 0.717) is 16.9 Å². The van der Waals surface area contributed by atoms with Gasteiger partial charge in [-0.3, -0.25) is 0 Å². The Bertz CT molecular complexity index is 643. The first-order chi connectivity index (χ1) is 7.45. The first-order valence-electron chi connectivity index (χ1n) is 4.70. The molecule has 1 N–H and O–H groups in total. The number of para-hydroxylation sites is 1. The maximum Gasteiger partial charge on any atom is 0.177 e. The van der Waals surface area contributed by atoms with Crippen LogP contribution in [0, 0.1) is 0 Å². The molecule has 0 atom stereocenters. The smallest absolute Gasteiger partial charge is 0.177 e. The van der Waals surface area contributed by atoms with Crippen LogP contribution >= 0.6 is 0 Å². The Labute approximate surface area is 93.3 Å². The standard InChI is InChI=1S/C10H12N2O3S/c1-12-7-4-3-5-8(16(2,14)15)10(7)11-9(12)6-13/h3-5,13H,6H2,1-2H3. The lowest BCUT2D eigenvalue weighted by Gasteiger charge is -2.00. The van der Waals surface area contributed by atoms with Gasteiger partial charge in [0.15, 0.2) is 9.84 Å². The molecule has 0 amide bonds. The number of imidazole rings is 1. The second kappa shape index (κ2) is 3.57. The lowest BCUT2D eigenvalue weighted by atomic mass is 10.3. The van der Waals surface area contributed by atoms with Crippen molar-refractivity contribution in [2.75, 3.05) is 6.26 Å². The van der Waals surface area contributed by atoms with Crippen molar-refractivity contribution in [3.63, 3.8) is 0 Å². The minimum Gasteiger partial charge on any atom is -0.388 e. The van der Waals surface area contributed by atoms with E-state index in [1.165, 1.54) is 6.07 Å². The molecule has 2 rings (SSSR count). The number of hydrogen-bond donors (Lipinski definition) is 1. The minimum absolute atomic E-state index is 0.195. The highest BCUT2D eigenvalue weighted by atomic mass is 32.2. The summed E-state index contributed by atoms with van der Waals surface area (Å²) in [4.78, 5) is 4.33. The molecule has 2 aromatic rings. The predicted molar refractivity (Wildman–Crippen MR) is 59.7 cm³/mol. The number of hydrogen-bond acceptors (Lipinski definition) is 4. The molecule has 6 heteroatoms. The molecule has 0 fully saturated rings. The first-order valence-corrected chi connectivity index (χ1v) is 6.59. The number of aliphatic hydroxyl groups excluding tert-OH is 1. The highest BCUT2D eigenvalue weighted by Gasteiger charge is 2.16. The molecule has 1 aromatic heterocycles. The summed E-state index contributed by atoms with van der Waals surface area (Å²) in [6.45, 7) is -0.214. The second-order valence-corrected chi connectivity index (χ2v) is 5.63. The van der Waals surface area contributed by atoms with E-state index in [-0.39, 0.29) is 11.5 Å². The third kappa shape index (κ3) is 1.60. The fraction of sp³-hybridized carbons (Fsp3) is 0.300. The van der Waals surface area contributed by atoms with E-state index in [4.69, 9.17) is 5.11 Å². The number of nitrogens with zero attached hydrogens (tertiary/aromatic N) is 2. The highest BCUT2D eigenvalue weighted by molar-refractivity contribution is 7.91. The molecular formula is C10H12N2O3S. The molecule has 1 heterocycles. The Balaban J connectivity index is 2.89. The van der Waals surface area contributed by atoms with E-state index in [0.717, 1.165) is 6.26 Å². The molecule has 16 heavy (non-hydrogen) atoms. The zero-order chi connectivity index (χ0) is 11.9. The van der Waals surface area contributed by atoms with E-state index < -0.39 is 9.84 Å². The zero-order valence-electron chi connectivity index (χ0n) is 9.01. The van der Waals surface area contributed by atoms with E-state index in [1.54, 1.807) is 23.7 Å². The van der Waals surface area contributed by atoms with Crippen LogP contribution in [0.5, 0.6) is 0 Å². The van der Waals surface area contributed by atoms with E-state index in [2.05, 4.69) is 4.98 Å². The van der Waals surface area contributed by atoms with Crippen LogP contribution in [-0.2, 0) is 23.5 Å². The van der Waals surface area contributed by atoms with Crippen LogP contribution in [0.3, 0.4) is 0 Å². The molecule has 0 saturated carbocycles. The Hall–Kier alpha value is -1.40. The van der Waals surface area contributed by atoms with E-state index in [9.17, 15) is 8.42 Å². The number of benzene rings is 1.